The first-order chi connectivity index (χ1) is 11.7. The van der Waals surface area contributed by atoms with Gasteiger partial charge in [0.25, 0.3) is 0 Å². The number of nitrogens with zero attached hydrogens (tertiary/aromatic N) is 1. The Morgan fingerprint density at radius 2 is 1.92 bits per heavy atom. The van der Waals surface area contributed by atoms with Gasteiger partial charge < -0.3 is 21.9 Å². The van der Waals surface area contributed by atoms with Gasteiger partial charge in [0, 0.05) is 24.4 Å². The fourth-order valence-electron chi connectivity index (χ4n) is 2.74. The molecule has 0 amide bonds. The van der Waals surface area contributed by atoms with E-state index in [-0.39, 0.29) is 6.61 Å². The molecule has 24 heavy (non-hydrogen) atoms. The normalized spacial score (nSPS) is 15.6. The SMILES string of the molecule is NC(=Nc1ccc(-c2cccc(CO)c2)cc1)C1=C(N)CCNC1. The minimum absolute atomic E-state index is 0.0390. The first-order valence-electron chi connectivity index (χ1n) is 8.00. The van der Waals surface area contributed by atoms with Crippen molar-refractivity contribution in [2.45, 2.75) is 13.0 Å². The average molecular weight is 322 g/mol. The Bertz CT molecular complexity index is 778. The van der Waals surface area contributed by atoms with Crippen LogP contribution in [0.1, 0.15) is 12.0 Å². The van der Waals surface area contributed by atoms with Gasteiger partial charge in [-0.15, -0.1) is 0 Å². The van der Waals surface area contributed by atoms with Gasteiger partial charge in [-0.2, -0.15) is 0 Å². The van der Waals surface area contributed by atoms with Crippen molar-refractivity contribution in [3.8, 4) is 11.1 Å². The zero-order chi connectivity index (χ0) is 16.9. The standard InChI is InChI=1S/C19H22N4O/c20-18-8-9-22-11-17(18)19(21)23-16-6-4-14(5-7-16)15-3-1-2-13(10-15)12-24/h1-7,10,22,24H,8-9,11-12,20H2,(H2,21,23). The third kappa shape index (κ3) is 3.64. The monoisotopic (exact) mass is 322 g/mol. The molecule has 0 spiro atoms. The molecule has 6 N–H and O–H groups in total. The summed E-state index contributed by atoms with van der Waals surface area (Å²) in [7, 11) is 0. The number of rotatable bonds is 4. The molecule has 1 heterocycles. The van der Waals surface area contributed by atoms with Gasteiger partial charge in [0.15, 0.2) is 0 Å². The topological polar surface area (TPSA) is 96.7 Å². The molecule has 3 rings (SSSR count). The van der Waals surface area contributed by atoms with E-state index in [1.807, 2.05) is 48.5 Å². The minimum Gasteiger partial charge on any atom is -0.402 e. The molecule has 0 fully saturated rings. The lowest BCUT2D eigenvalue weighted by molar-refractivity contribution is 0.282. The van der Waals surface area contributed by atoms with E-state index in [9.17, 15) is 5.11 Å². The van der Waals surface area contributed by atoms with Crippen molar-refractivity contribution in [1.82, 2.24) is 5.32 Å². The molecule has 5 nitrogen and oxygen atoms in total. The van der Waals surface area contributed by atoms with Gasteiger partial charge in [0.1, 0.15) is 5.84 Å². The highest BCUT2D eigenvalue weighted by Crippen LogP contribution is 2.24. The number of amidine groups is 1. The van der Waals surface area contributed by atoms with Gasteiger partial charge in [0.2, 0.25) is 0 Å². The van der Waals surface area contributed by atoms with Gasteiger partial charge in [-0.3, -0.25) is 0 Å². The van der Waals surface area contributed by atoms with Crippen LogP contribution in [-0.4, -0.2) is 24.0 Å². The third-order valence-electron chi connectivity index (χ3n) is 4.13. The molecular formula is C19H22N4O. The number of benzene rings is 2. The van der Waals surface area contributed by atoms with E-state index in [1.54, 1.807) is 0 Å². The van der Waals surface area contributed by atoms with Gasteiger partial charge >= 0.3 is 0 Å². The molecule has 0 atom stereocenters. The number of aliphatic hydroxyl groups excluding tert-OH is 1. The summed E-state index contributed by atoms with van der Waals surface area (Å²) in [6, 6.07) is 15.7. The second kappa shape index (κ2) is 7.29. The van der Waals surface area contributed by atoms with Crippen molar-refractivity contribution in [1.29, 1.82) is 0 Å². The van der Waals surface area contributed by atoms with Crippen molar-refractivity contribution in [2.75, 3.05) is 13.1 Å². The largest absolute Gasteiger partial charge is 0.402 e. The average Bonchev–Trinajstić information content (AvgIpc) is 2.62. The molecule has 2 aromatic carbocycles. The number of aliphatic imine (C=N–C) groups is 1. The highest BCUT2D eigenvalue weighted by atomic mass is 16.3. The van der Waals surface area contributed by atoms with Crippen molar-refractivity contribution >= 4 is 11.5 Å². The van der Waals surface area contributed by atoms with E-state index >= 15 is 0 Å². The molecule has 0 saturated carbocycles. The van der Waals surface area contributed by atoms with Crippen molar-refractivity contribution in [2.24, 2.45) is 16.5 Å². The first kappa shape index (κ1) is 16.2. The highest BCUT2D eigenvalue weighted by molar-refractivity contribution is 5.99. The minimum atomic E-state index is 0.0390. The second-order valence-electron chi connectivity index (χ2n) is 5.83. The zero-order valence-electron chi connectivity index (χ0n) is 13.5. The van der Waals surface area contributed by atoms with Gasteiger partial charge in [-0.05, 0) is 41.3 Å². The Balaban J connectivity index is 1.83. The summed E-state index contributed by atoms with van der Waals surface area (Å²) >= 11 is 0. The predicted molar refractivity (Wildman–Crippen MR) is 97.8 cm³/mol. The molecule has 124 valence electrons. The van der Waals surface area contributed by atoms with Crippen LogP contribution in [0, 0.1) is 0 Å². The molecule has 1 aliphatic heterocycles. The summed E-state index contributed by atoms with van der Waals surface area (Å²) in [6.07, 6.45) is 0.797. The van der Waals surface area contributed by atoms with E-state index in [0.29, 0.717) is 12.4 Å². The predicted octanol–water partition coefficient (Wildman–Crippen LogP) is 2.04. The number of nitrogens with two attached hydrogens (primary N) is 2. The zero-order valence-corrected chi connectivity index (χ0v) is 13.5. The second-order valence-corrected chi connectivity index (χ2v) is 5.83. The summed E-state index contributed by atoms with van der Waals surface area (Å²) in [5, 5.41) is 12.5. The fourth-order valence-corrected chi connectivity index (χ4v) is 2.74. The van der Waals surface area contributed by atoms with E-state index < -0.39 is 0 Å². The summed E-state index contributed by atoms with van der Waals surface area (Å²) in [6.45, 7) is 1.58. The number of hydrogen-bond acceptors (Lipinski definition) is 4. The maximum atomic E-state index is 9.25. The van der Waals surface area contributed by atoms with Crippen LogP contribution in [0.5, 0.6) is 0 Å². The third-order valence-corrected chi connectivity index (χ3v) is 4.13. The Labute approximate surface area is 141 Å². The Morgan fingerprint density at radius 1 is 1.12 bits per heavy atom. The molecule has 0 aromatic heterocycles. The lowest BCUT2D eigenvalue weighted by Crippen LogP contribution is -2.34. The molecule has 0 saturated heterocycles. The molecule has 0 aliphatic carbocycles. The van der Waals surface area contributed by atoms with Crippen molar-refractivity contribution in [3.05, 3.63) is 65.4 Å². The van der Waals surface area contributed by atoms with Crippen molar-refractivity contribution < 1.29 is 5.11 Å². The lowest BCUT2D eigenvalue weighted by Gasteiger charge is -2.18. The first-order valence-corrected chi connectivity index (χ1v) is 8.00. The molecule has 0 bridgehead atoms. The van der Waals surface area contributed by atoms with Gasteiger partial charge in [-0.1, -0.05) is 30.3 Å². The molecule has 1 aliphatic rings. The molecule has 2 aromatic rings. The summed E-state index contributed by atoms with van der Waals surface area (Å²) < 4.78 is 0. The van der Waals surface area contributed by atoms with Crippen LogP contribution < -0.4 is 16.8 Å². The number of aliphatic hydroxyl groups is 1. The lowest BCUT2D eigenvalue weighted by atomic mass is 10.0. The van der Waals surface area contributed by atoms with E-state index in [4.69, 9.17) is 11.5 Å². The Hall–Kier alpha value is -2.63. The van der Waals surface area contributed by atoms with Gasteiger partial charge in [0.05, 0.1) is 12.3 Å². The summed E-state index contributed by atoms with van der Waals surface area (Å²) in [5.74, 6) is 0.467. The summed E-state index contributed by atoms with van der Waals surface area (Å²) in [5.41, 5.74) is 17.6. The number of nitrogens with one attached hydrogen (secondary N) is 1. The maximum absolute atomic E-state index is 9.25. The van der Waals surface area contributed by atoms with Crippen LogP contribution in [-0.2, 0) is 6.61 Å². The van der Waals surface area contributed by atoms with Crippen LogP contribution in [0.15, 0.2) is 64.8 Å². The molecule has 0 unspecified atom stereocenters. The smallest absolute Gasteiger partial charge is 0.130 e. The Morgan fingerprint density at radius 3 is 2.62 bits per heavy atom. The molecular weight excluding hydrogens is 300 g/mol. The van der Waals surface area contributed by atoms with Crippen molar-refractivity contribution in [3.63, 3.8) is 0 Å². The van der Waals surface area contributed by atoms with Crippen LogP contribution in [0.4, 0.5) is 5.69 Å². The van der Waals surface area contributed by atoms with E-state index in [1.165, 1.54) is 0 Å². The van der Waals surface area contributed by atoms with E-state index in [0.717, 1.165) is 46.6 Å². The quantitative estimate of drug-likeness (QED) is 0.511. The molecule has 0 radical (unpaired) electrons. The van der Waals surface area contributed by atoms with Crippen LogP contribution >= 0.6 is 0 Å². The van der Waals surface area contributed by atoms with Gasteiger partial charge in [-0.25, -0.2) is 4.99 Å². The molecule has 5 heteroatoms. The highest BCUT2D eigenvalue weighted by Gasteiger charge is 2.12. The fraction of sp³-hybridized carbons (Fsp3) is 0.211. The van der Waals surface area contributed by atoms with E-state index in [2.05, 4.69) is 10.3 Å². The maximum Gasteiger partial charge on any atom is 0.130 e. The van der Waals surface area contributed by atoms with Crippen LogP contribution in [0.3, 0.4) is 0 Å². The number of hydrogen-bond donors (Lipinski definition) is 4. The summed E-state index contributed by atoms with van der Waals surface area (Å²) in [4.78, 5) is 4.48. The van der Waals surface area contributed by atoms with Crippen LogP contribution in [0.25, 0.3) is 11.1 Å². The Kier molecular flexibility index (Phi) is 4.93. The van der Waals surface area contributed by atoms with Crippen LogP contribution in [0.2, 0.25) is 0 Å².